The average Bonchev–Trinajstić information content (AvgIpc) is 3.35. The lowest BCUT2D eigenvalue weighted by Gasteiger charge is -2.42. The van der Waals surface area contributed by atoms with Gasteiger partial charge in [-0.25, -0.2) is 0 Å². The van der Waals surface area contributed by atoms with E-state index in [2.05, 4.69) is 86.8 Å². The fourth-order valence-electron chi connectivity index (χ4n) is 7.89. The first kappa shape index (κ1) is 62.5. The monoisotopic (exact) mass is 979 g/mol. The Labute approximate surface area is 415 Å². The molecule has 0 amide bonds. The quantitative estimate of drug-likeness (QED) is 0.0175. The highest BCUT2D eigenvalue weighted by Gasteiger charge is 2.47. The van der Waals surface area contributed by atoms with Gasteiger partial charge in [-0.2, -0.15) is 0 Å². The first-order valence-electron chi connectivity index (χ1n) is 26.5. The van der Waals surface area contributed by atoms with Crippen molar-refractivity contribution in [3.63, 3.8) is 0 Å². The highest BCUT2D eigenvalue weighted by molar-refractivity contribution is 5.69. The highest BCUT2D eigenvalue weighted by atomic mass is 16.7. The van der Waals surface area contributed by atoms with Crippen LogP contribution in [-0.2, 0) is 33.2 Å². The molecule has 0 aliphatic carbocycles. The van der Waals surface area contributed by atoms with Crippen molar-refractivity contribution in [1.82, 2.24) is 0 Å². The van der Waals surface area contributed by atoms with Crippen LogP contribution in [0.4, 0.5) is 0 Å². The molecule has 2 aliphatic heterocycles. The molecule has 14 heteroatoms. The molecule has 0 spiro atoms. The molecule has 14 nitrogen and oxygen atoms in total. The first-order chi connectivity index (χ1) is 33.6. The predicted octanol–water partition coefficient (Wildman–Crippen LogP) is 8.29. The van der Waals surface area contributed by atoms with Crippen LogP contribution in [0.25, 0.3) is 0 Å². The van der Waals surface area contributed by atoms with Gasteiger partial charge >= 0.3 is 5.97 Å². The minimum Gasteiger partial charge on any atom is -0.457 e. The van der Waals surface area contributed by atoms with Crippen molar-refractivity contribution in [3.8, 4) is 0 Å². The number of esters is 1. The number of hydrogen-bond acceptors (Lipinski definition) is 14. The molecule has 0 aromatic carbocycles. The van der Waals surface area contributed by atoms with Crippen LogP contribution in [0, 0.1) is 0 Å². The summed E-state index contributed by atoms with van der Waals surface area (Å²) in [5.41, 5.74) is 0. The minimum atomic E-state index is -1.72. The van der Waals surface area contributed by atoms with Crippen LogP contribution in [0.1, 0.15) is 168 Å². The molecule has 0 radical (unpaired) electrons. The van der Waals surface area contributed by atoms with Crippen LogP contribution in [0.3, 0.4) is 0 Å². The normalized spacial score (nSPS) is 26.3. The lowest BCUT2D eigenvalue weighted by atomic mass is 9.98. The maximum Gasteiger partial charge on any atom is 0.306 e. The van der Waals surface area contributed by atoms with Crippen LogP contribution >= 0.6 is 0 Å². The highest BCUT2D eigenvalue weighted by Crippen LogP contribution is 2.26. The van der Waals surface area contributed by atoms with E-state index in [9.17, 15) is 40.5 Å². The van der Waals surface area contributed by atoms with Crippen molar-refractivity contribution < 1.29 is 69.0 Å². The van der Waals surface area contributed by atoms with Crippen molar-refractivity contribution in [2.45, 2.75) is 235 Å². The van der Waals surface area contributed by atoms with Gasteiger partial charge in [-0.1, -0.05) is 151 Å². The fraction of sp³-hybridized carbons (Fsp3) is 0.764. The third-order valence-electron chi connectivity index (χ3n) is 12.2. The summed E-state index contributed by atoms with van der Waals surface area (Å²) in [6.07, 6.45) is 35.3. The molecule has 2 heterocycles. The third-order valence-corrected chi connectivity index (χ3v) is 12.2. The van der Waals surface area contributed by atoms with E-state index in [4.69, 9.17) is 28.4 Å². The van der Waals surface area contributed by atoms with Gasteiger partial charge in [0.05, 0.1) is 26.4 Å². The van der Waals surface area contributed by atoms with E-state index in [0.29, 0.717) is 13.0 Å². The van der Waals surface area contributed by atoms with Crippen LogP contribution < -0.4 is 0 Å². The molecular formula is C55H94O14. The molecule has 11 atom stereocenters. The van der Waals surface area contributed by atoms with E-state index < -0.39 is 86.7 Å². The van der Waals surface area contributed by atoms with E-state index in [-0.39, 0.29) is 19.6 Å². The Morgan fingerprint density at radius 3 is 1.48 bits per heavy atom. The summed E-state index contributed by atoms with van der Waals surface area (Å²) < 4.78 is 34.3. The number of ether oxygens (including phenoxy) is 6. The van der Waals surface area contributed by atoms with Crippen molar-refractivity contribution in [2.75, 3.05) is 33.0 Å². The molecular weight excluding hydrogens is 885 g/mol. The average molecular weight is 979 g/mol. The van der Waals surface area contributed by atoms with Gasteiger partial charge in [0.1, 0.15) is 54.9 Å². The molecule has 69 heavy (non-hydrogen) atoms. The second-order valence-electron chi connectivity index (χ2n) is 18.3. The molecule has 0 aromatic rings. The Balaban J connectivity index is 1.77. The molecule has 11 unspecified atom stereocenters. The lowest BCUT2D eigenvalue weighted by molar-refractivity contribution is -0.332. The predicted molar refractivity (Wildman–Crippen MR) is 270 cm³/mol. The molecule has 0 aromatic heterocycles. The molecule has 2 fully saturated rings. The maximum absolute atomic E-state index is 13.0. The maximum atomic E-state index is 13.0. The van der Waals surface area contributed by atoms with E-state index in [1.165, 1.54) is 44.9 Å². The van der Waals surface area contributed by atoms with Crippen LogP contribution in [-0.4, -0.2) is 142 Å². The number of hydrogen-bond donors (Lipinski definition) is 7. The van der Waals surface area contributed by atoms with Crippen LogP contribution in [0.5, 0.6) is 0 Å². The van der Waals surface area contributed by atoms with Crippen LogP contribution in [0.2, 0.25) is 0 Å². The zero-order valence-corrected chi connectivity index (χ0v) is 42.3. The summed E-state index contributed by atoms with van der Waals surface area (Å²) in [6, 6.07) is 0. The number of carbonyl (C=O) groups is 1. The standard InChI is InChI=1S/C55H94O14/c1-3-5-7-9-11-13-15-17-19-21-23-25-27-29-31-33-35-37-39-64-41-44(67-47(57)38-36-34-32-30-28-26-24-22-20-18-16-14-12-10-8-6-4-2)42-65-54-53(63)51(61)49(59)46(69-54)43-66-55-52(62)50(60)48(58)45(40-56)68-55/h5,7,11-14,17-20,23,25,44-46,48-56,58-63H,3-4,6,8-10,15-16,21-22,24,26-43H2,1-2H3/b7-5-,13-11-,14-12-,19-17-,20-18-,25-23-. The number of carbonyl (C=O) groups excluding carboxylic acids is 1. The zero-order valence-electron chi connectivity index (χ0n) is 42.3. The second kappa shape index (κ2) is 42.0. The third kappa shape index (κ3) is 29.5. The topological polar surface area (TPSA) is 214 Å². The van der Waals surface area contributed by atoms with E-state index >= 15 is 0 Å². The van der Waals surface area contributed by atoms with Gasteiger partial charge in [0.15, 0.2) is 12.6 Å². The Morgan fingerprint density at radius 1 is 0.493 bits per heavy atom. The van der Waals surface area contributed by atoms with Crippen molar-refractivity contribution >= 4 is 5.97 Å². The second-order valence-corrected chi connectivity index (χ2v) is 18.3. The van der Waals surface area contributed by atoms with Gasteiger partial charge in [0.2, 0.25) is 0 Å². The summed E-state index contributed by atoms with van der Waals surface area (Å²) in [4.78, 5) is 13.0. The Hall–Kier alpha value is -2.57. The number of unbranched alkanes of at least 4 members (excludes halogenated alkanes) is 15. The molecule has 2 aliphatic rings. The summed E-state index contributed by atoms with van der Waals surface area (Å²) >= 11 is 0. The fourth-order valence-corrected chi connectivity index (χ4v) is 7.89. The van der Waals surface area contributed by atoms with Gasteiger partial charge in [0.25, 0.3) is 0 Å². The molecule has 2 rings (SSSR count). The smallest absolute Gasteiger partial charge is 0.306 e. The van der Waals surface area contributed by atoms with Crippen molar-refractivity contribution in [1.29, 1.82) is 0 Å². The van der Waals surface area contributed by atoms with E-state index in [0.717, 1.165) is 96.3 Å². The van der Waals surface area contributed by atoms with Crippen molar-refractivity contribution in [2.24, 2.45) is 0 Å². The van der Waals surface area contributed by atoms with Crippen molar-refractivity contribution in [3.05, 3.63) is 72.9 Å². The van der Waals surface area contributed by atoms with Gasteiger partial charge < -0.3 is 64.2 Å². The molecule has 2 saturated heterocycles. The first-order valence-corrected chi connectivity index (χ1v) is 26.5. The molecule has 0 saturated carbocycles. The number of allylic oxidation sites excluding steroid dienone is 12. The number of aliphatic hydroxyl groups excluding tert-OH is 7. The number of aliphatic hydroxyl groups is 7. The Morgan fingerprint density at radius 2 is 0.942 bits per heavy atom. The summed E-state index contributed by atoms with van der Waals surface area (Å²) in [5, 5.41) is 72.2. The van der Waals surface area contributed by atoms with E-state index in [1.807, 2.05) is 0 Å². The minimum absolute atomic E-state index is 0.0418. The van der Waals surface area contributed by atoms with Gasteiger partial charge in [-0.15, -0.1) is 0 Å². The van der Waals surface area contributed by atoms with Gasteiger partial charge in [0, 0.05) is 13.0 Å². The SMILES string of the molecule is CC/C=C\C/C=C\C/C=C\C/C=C\CCCCCCCOCC(COC1OC(COC2OC(CO)C(O)C(O)C2O)C(O)C(O)C1O)OC(=O)CCCCCCCCC/C=C\C/C=C\CCCCC. The Kier molecular flexibility index (Phi) is 38.1. The lowest BCUT2D eigenvalue weighted by Crippen LogP contribution is -2.61. The number of rotatable bonds is 41. The van der Waals surface area contributed by atoms with E-state index in [1.54, 1.807) is 0 Å². The van der Waals surface area contributed by atoms with Crippen LogP contribution in [0.15, 0.2) is 72.9 Å². The molecule has 0 bridgehead atoms. The Bertz CT molecular complexity index is 1410. The summed E-state index contributed by atoms with van der Waals surface area (Å²) in [6.45, 7) is 3.48. The summed E-state index contributed by atoms with van der Waals surface area (Å²) in [7, 11) is 0. The molecule has 398 valence electrons. The summed E-state index contributed by atoms with van der Waals surface area (Å²) in [5.74, 6) is -0.394. The molecule has 7 N–H and O–H groups in total. The largest absolute Gasteiger partial charge is 0.457 e. The zero-order chi connectivity index (χ0) is 50.2. The van der Waals surface area contributed by atoms with Gasteiger partial charge in [-0.05, 0) is 83.5 Å². The van der Waals surface area contributed by atoms with Gasteiger partial charge in [-0.3, -0.25) is 4.79 Å².